The Morgan fingerprint density at radius 3 is 1.35 bits per heavy atom. The Morgan fingerprint density at radius 2 is 0.915 bits per heavy atom. The van der Waals surface area contributed by atoms with Gasteiger partial charge in [-0.05, 0) is 197 Å². The lowest BCUT2D eigenvalue weighted by molar-refractivity contribution is 0.0588. The smallest absolute Gasteiger partial charge is 0.341 e. The van der Waals surface area contributed by atoms with Gasteiger partial charge in [-0.3, -0.25) is 39.8 Å². The quantitative estimate of drug-likeness (QED) is 0.0275. The van der Waals surface area contributed by atoms with E-state index in [1.54, 1.807) is 77.7 Å². The number of carbonyl (C=O) groups excluding carboxylic acids is 3. The largest absolute Gasteiger partial charge is 0.495 e. The maximum Gasteiger partial charge on any atom is 0.341 e. The first-order valence-corrected chi connectivity index (χ1v) is 34.1. The number of esters is 2. The van der Waals surface area contributed by atoms with Crippen molar-refractivity contribution in [1.29, 1.82) is 0 Å². The number of carboxylic acid groups (broad SMARTS) is 2. The van der Waals surface area contributed by atoms with E-state index in [-0.39, 0.29) is 35.0 Å². The van der Waals surface area contributed by atoms with Crippen molar-refractivity contribution < 1.29 is 76.8 Å². The second kappa shape index (κ2) is 34.9. The van der Waals surface area contributed by atoms with Gasteiger partial charge in [0.2, 0.25) is 0 Å². The zero-order valence-corrected chi connectivity index (χ0v) is 62.3. The maximum atomic E-state index is 13.1. The Labute approximate surface area is 630 Å². The Bertz CT molecular complexity index is 5460. The first-order chi connectivity index (χ1) is 51.2. The number of aromatic nitrogens is 12. The summed E-state index contributed by atoms with van der Waals surface area (Å²) in [6, 6.07) is 34.0. The number of nitrogens with zero attached hydrogens (tertiary/aromatic N) is 8. The van der Waals surface area contributed by atoms with Crippen LogP contribution in [0, 0.1) is 13.2 Å². The molecule has 8 N–H and O–H groups in total. The topological polar surface area (TPSA) is 381 Å². The van der Waals surface area contributed by atoms with Crippen LogP contribution in [0.1, 0.15) is 105 Å². The number of H-pyrrole nitrogens is 4. The molecule has 14 rings (SSSR count). The summed E-state index contributed by atoms with van der Waals surface area (Å²) in [5.41, 5.74) is 9.28. The van der Waals surface area contributed by atoms with Crippen molar-refractivity contribution >= 4 is 166 Å². The molecule has 0 atom stereocenters. The van der Waals surface area contributed by atoms with Crippen LogP contribution in [0.25, 0.3) is 91.0 Å². The summed E-state index contributed by atoms with van der Waals surface area (Å²) in [5.74, 6) is -1.43. The van der Waals surface area contributed by atoms with Crippen LogP contribution in [-0.2, 0) is 16.5 Å². The molecule has 1 aliphatic carbocycles. The van der Waals surface area contributed by atoms with Gasteiger partial charge in [0.15, 0.2) is 0 Å². The first kappa shape index (κ1) is 76.5. The van der Waals surface area contributed by atoms with Gasteiger partial charge in [-0.2, -0.15) is 25.5 Å². The van der Waals surface area contributed by atoms with E-state index in [4.69, 9.17) is 38.3 Å². The summed E-state index contributed by atoms with van der Waals surface area (Å²) >= 11 is 4.17. The molecular formula is C75H68FI2N13O15. The number of aliphatic hydroxyl groups is 1. The molecule has 1 saturated carbocycles. The van der Waals surface area contributed by atoms with Crippen molar-refractivity contribution in [1.82, 2.24) is 65.9 Å². The van der Waals surface area contributed by atoms with Gasteiger partial charge in [0.1, 0.15) is 64.2 Å². The van der Waals surface area contributed by atoms with Crippen LogP contribution in [0.3, 0.4) is 0 Å². The predicted molar refractivity (Wildman–Crippen MR) is 413 cm³/mol. The normalized spacial score (nSPS) is 12.0. The van der Waals surface area contributed by atoms with Gasteiger partial charge >= 0.3 is 23.9 Å². The summed E-state index contributed by atoms with van der Waals surface area (Å²) < 4.78 is 52.6. The molecule has 544 valence electrons. The molecule has 28 nitrogen and oxygen atoms in total. The fourth-order valence-corrected chi connectivity index (χ4v) is 12.7. The van der Waals surface area contributed by atoms with Gasteiger partial charge in [-0.15, -0.1) is 0 Å². The van der Waals surface area contributed by atoms with Crippen molar-refractivity contribution in [2.24, 2.45) is 7.05 Å². The van der Waals surface area contributed by atoms with Crippen LogP contribution in [0.4, 0.5) is 4.39 Å². The fourth-order valence-electron chi connectivity index (χ4n) is 11.3. The third kappa shape index (κ3) is 17.2. The number of halogens is 3. The molecule has 1 fully saturated rings. The highest BCUT2D eigenvalue weighted by Crippen LogP contribution is 2.41. The highest BCUT2D eigenvalue weighted by atomic mass is 127. The van der Waals surface area contributed by atoms with Gasteiger partial charge in [-0.25, -0.2) is 23.6 Å². The molecule has 0 spiro atoms. The minimum atomic E-state index is -1.04. The Hall–Kier alpha value is -12.1. The number of benzene rings is 6. The Morgan fingerprint density at radius 1 is 0.509 bits per heavy atom. The van der Waals surface area contributed by atoms with Crippen molar-refractivity contribution in [2.45, 2.75) is 24.8 Å². The monoisotopic (exact) mass is 1660 g/mol. The summed E-state index contributed by atoms with van der Waals surface area (Å²) in [5, 5.41) is 66.7. The highest BCUT2D eigenvalue weighted by molar-refractivity contribution is 14.1. The zero-order chi connectivity index (χ0) is 75.8. The number of carboxylic acids is 2. The minimum absolute atomic E-state index is 0.0382. The van der Waals surface area contributed by atoms with E-state index in [9.17, 15) is 38.6 Å². The lowest BCUT2D eigenvalue weighted by atomic mass is 10.1. The van der Waals surface area contributed by atoms with Gasteiger partial charge in [-0.1, -0.05) is 30.3 Å². The van der Waals surface area contributed by atoms with Crippen LogP contribution in [0.5, 0.6) is 28.7 Å². The minimum Gasteiger partial charge on any atom is -0.495 e. The molecule has 0 aliphatic heterocycles. The van der Waals surface area contributed by atoms with E-state index in [1.165, 1.54) is 74.0 Å². The number of carbonyl (C=O) groups is 5. The average Bonchev–Trinajstić information content (AvgIpc) is 1.62. The van der Waals surface area contributed by atoms with Crippen LogP contribution >= 0.6 is 45.2 Å². The number of pyridine rings is 2. The zero-order valence-electron chi connectivity index (χ0n) is 57.9. The van der Waals surface area contributed by atoms with Gasteiger partial charge < -0.3 is 53.8 Å². The summed E-state index contributed by atoms with van der Waals surface area (Å²) in [6.07, 6.45) is 16.7. The summed E-state index contributed by atoms with van der Waals surface area (Å²) in [7, 11) is 12.0. The number of hydrogen-bond acceptors (Lipinski definition) is 20. The van der Waals surface area contributed by atoms with Crippen LogP contribution in [0.2, 0.25) is 0 Å². The van der Waals surface area contributed by atoms with Gasteiger partial charge in [0.05, 0.1) is 138 Å². The number of fused-ring (bicyclic) bond motifs is 5. The van der Waals surface area contributed by atoms with Gasteiger partial charge in [0, 0.05) is 31.6 Å². The molecule has 6 aromatic carbocycles. The molecule has 0 saturated heterocycles. The van der Waals surface area contributed by atoms with E-state index in [1.807, 2.05) is 79.9 Å². The molecule has 0 radical (unpaired) electrons. The molecule has 1 amide bonds. The molecule has 31 heteroatoms. The van der Waals surface area contributed by atoms with Crippen LogP contribution < -0.4 is 29.0 Å². The van der Waals surface area contributed by atoms with Crippen molar-refractivity contribution in [2.75, 3.05) is 56.4 Å². The molecule has 0 bridgehead atoms. The number of hydrogen-bond donors (Lipinski definition) is 8. The second-order valence-electron chi connectivity index (χ2n) is 22.9. The van der Waals surface area contributed by atoms with Crippen molar-refractivity contribution in [3.63, 3.8) is 0 Å². The van der Waals surface area contributed by atoms with E-state index in [2.05, 4.69) is 106 Å². The number of rotatable bonds is 19. The number of aromatic amines is 4. The molecule has 7 heterocycles. The van der Waals surface area contributed by atoms with Crippen molar-refractivity contribution in [3.05, 3.63) is 209 Å². The maximum absolute atomic E-state index is 13.1. The van der Waals surface area contributed by atoms with Crippen LogP contribution in [-0.4, -0.2) is 168 Å². The molecule has 0 unspecified atom stereocenters. The molecular weight excluding hydrogens is 1600 g/mol. The first-order valence-electron chi connectivity index (χ1n) is 32.0. The number of aliphatic hydroxyl groups excluding tert-OH is 1. The summed E-state index contributed by atoms with van der Waals surface area (Å²) in [6.45, 7) is 0.0382. The molecule has 1 aliphatic rings. The van der Waals surface area contributed by atoms with E-state index < -0.39 is 23.9 Å². The number of aryl methyl sites for hydroxylation is 1. The fraction of sp³-hybridized carbons (Fsp3) is 0.173. The highest BCUT2D eigenvalue weighted by Gasteiger charge is 2.44. The average molecular weight is 1660 g/mol. The third-order valence-corrected chi connectivity index (χ3v) is 18.1. The Kier molecular flexibility index (Phi) is 25.2. The lowest BCUT2D eigenvalue weighted by Crippen LogP contribution is -2.37. The van der Waals surface area contributed by atoms with Gasteiger partial charge in [0.25, 0.3) is 5.91 Å². The van der Waals surface area contributed by atoms with Crippen molar-refractivity contribution in [3.8, 4) is 28.7 Å². The second-order valence-corrected chi connectivity index (χ2v) is 25.0. The Balaban J connectivity index is 0.000000144. The standard InChI is InChI=1S/C22H22FN3O3.C17H15N3O3.C16H13N3O3.C11H11IN2O3.C9H7IN2O3/c1-29-20-16(21(28)24-22(10-11-22)12-13-27)7-9-18-19(20)17(25-26-18)8-4-14-2-5-15(23)6-3-14;1-22-16-12(17(21)23-2)7-9-14-15(16)13(19-20-14)8-6-11-5-3-4-10-18-11;1-22-15-11(16(20)21)6-8-13-14(15)12(18-19-13)7-5-10-4-2-3-9-17-10;1-14-7-5-4-6(11(15)17-3)9(16-2)8(7)10(12)13-14;1-15-7-4(9(13)14)2-3-5-6(7)8(10)12-11-5/h2-9,27H,10-13H2,1H3,(H,24,28)(H,25,26);3-10H,1-2H3,(H,19,20);2-9H,1H3,(H,18,19)(H,20,21);4-5H,1-3H3;2-3H,1H3,(H,11,12)(H,13,14)/b8-4+;8-6+;7-5+;;. The number of aromatic carboxylic acids is 2. The molecule has 7 aromatic heterocycles. The number of methoxy groups -OCH3 is 7. The van der Waals surface area contributed by atoms with E-state index in [0.717, 1.165) is 59.2 Å². The van der Waals surface area contributed by atoms with Crippen LogP contribution in [0.15, 0.2) is 134 Å². The van der Waals surface area contributed by atoms with E-state index in [0.29, 0.717) is 101 Å². The number of nitrogens with one attached hydrogen (secondary N) is 5. The molecule has 13 aromatic rings. The molecule has 106 heavy (non-hydrogen) atoms. The third-order valence-electron chi connectivity index (χ3n) is 16.6. The van der Waals surface area contributed by atoms with E-state index >= 15 is 0 Å². The number of ether oxygens (including phenoxy) is 7. The SMILES string of the molecule is COC(=O)c1ccc2c(c(I)nn2C)c1OC.COC(=O)c1ccc2n[nH]c(/C=C/c3ccccn3)c2c1OC.COc1c(C(=O)NC2(CCO)CC2)ccc2n[nH]c(/C=C/c3ccc(F)cc3)c12.COc1c(C(=O)O)ccc2n[nH]c(/C=C/c3ccccn3)c12.COc1c(C(=O)O)ccc2n[nH]c(I)c12. The summed E-state index contributed by atoms with van der Waals surface area (Å²) in [4.78, 5) is 67.1. The lowest BCUT2D eigenvalue weighted by Gasteiger charge is -2.17. The number of amides is 1. The predicted octanol–water partition coefficient (Wildman–Crippen LogP) is 13.1.